The van der Waals surface area contributed by atoms with Gasteiger partial charge in [0.15, 0.2) is 0 Å². The second-order valence-electron chi connectivity index (χ2n) is 4.22. The van der Waals surface area contributed by atoms with Crippen LogP contribution in [0.25, 0.3) is 11.0 Å². The van der Waals surface area contributed by atoms with Crippen LogP contribution in [0.3, 0.4) is 0 Å². The Labute approximate surface area is 113 Å². The third-order valence-electron chi connectivity index (χ3n) is 2.84. The molecule has 1 aromatic heterocycles. The fourth-order valence-corrected chi connectivity index (χ4v) is 1.74. The van der Waals surface area contributed by atoms with E-state index in [4.69, 9.17) is 5.11 Å². The molecule has 0 aliphatic heterocycles. The molecule has 0 aliphatic carbocycles. The molecule has 0 fully saturated rings. The summed E-state index contributed by atoms with van der Waals surface area (Å²) in [5.41, 5.74) is 1.62. The Balaban J connectivity index is 2.11. The molecule has 1 unspecified atom stereocenters. The van der Waals surface area contributed by atoms with Gasteiger partial charge >= 0.3 is 0 Å². The zero-order chi connectivity index (χ0) is 14.7. The molecule has 1 atom stereocenters. The summed E-state index contributed by atoms with van der Waals surface area (Å²) in [6.07, 6.45) is -4.76. The van der Waals surface area contributed by atoms with Crippen LogP contribution < -0.4 is 5.32 Å². The molecule has 2 aromatic rings. The van der Waals surface area contributed by atoms with Crippen molar-refractivity contribution in [1.29, 1.82) is 0 Å². The third kappa shape index (κ3) is 2.90. The smallest absolute Gasteiger partial charge is 0.265 e. The largest absolute Gasteiger partial charge is 0.385 e. The molecule has 1 aromatic carbocycles. The molecule has 8 heteroatoms. The fourth-order valence-electron chi connectivity index (χ4n) is 1.74. The number of nitrogens with zero attached hydrogens (tertiary/aromatic N) is 3. The highest BCUT2D eigenvalue weighted by Crippen LogP contribution is 2.13. The number of carbonyl (C=O) groups is 1. The van der Waals surface area contributed by atoms with Gasteiger partial charge in [-0.15, -0.1) is 5.10 Å². The molecule has 0 saturated carbocycles. The van der Waals surface area contributed by atoms with Gasteiger partial charge in [-0.1, -0.05) is 5.21 Å². The predicted octanol–water partition coefficient (Wildman–Crippen LogP) is 0.807. The minimum atomic E-state index is -2.89. The maximum absolute atomic E-state index is 12.1. The van der Waals surface area contributed by atoms with Gasteiger partial charge < -0.3 is 10.4 Å². The molecular formula is C12H14F2N4O2. The molecule has 108 valence electrons. The lowest BCUT2D eigenvalue weighted by Crippen LogP contribution is -2.35. The second-order valence-corrected chi connectivity index (χ2v) is 4.22. The Morgan fingerprint density at radius 3 is 2.90 bits per heavy atom. The number of hydrogen-bond donors (Lipinski definition) is 2. The van der Waals surface area contributed by atoms with Crippen LogP contribution in [0, 0.1) is 0 Å². The van der Waals surface area contributed by atoms with Crippen molar-refractivity contribution < 1.29 is 18.7 Å². The number of hydrogen-bond acceptors (Lipinski definition) is 4. The molecule has 1 amide bonds. The van der Waals surface area contributed by atoms with Gasteiger partial charge in [-0.05, 0) is 25.1 Å². The number of halogens is 2. The lowest BCUT2D eigenvalue weighted by atomic mass is 10.2. The van der Waals surface area contributed by atoms with Gasteiger partial charge in [-0.3, -0.25) is 4.79 Å². The lowest BCUT2D eigenvalue weighted by molar-refractivity contribution is -0.00270. The average molecular weight is 284 g/mol. The number of benzene rings is 1. The van der Waals surface area contributed by atoms with Crippen molar-refractivity contribution in [3.05, 3.63) is 23.8 Å². The first kappa shape index (κ1) is 14.3. The van der Waals surface area contributed by atoms with Crippen LogP contribution in [0.5, 0.6) is 0 Å². The first-order valence-corrected chi connectivity index (χ1v) is 6.10. The highest BCUT2D eigenvalue weighted by atomic mass is 19.3. The van der Waals surface area contributed by atoms with Gasteiger partial charge in [-0.2, -0.15) is 0 Å². The van der Waals surface area contributed by atoms with E-state index < -0.39 is 25.0 Å². The number of rotatable bonds is 5. The molecule has 1 heterocycles. The van der Waals surface area contributed by atoms with Gasteiger partial charge in [0.1, 0.15) is 11.6 Å². The fraction of sp³-hybridized carbons (Fsp3) is 0.417. The van der Waals surface area contributed by atoms with Gasteiger partial charge in [-0.25, -0.2) is 13.5 Å². The van der Waals surface area contributed by atoms with E-state index >= 15 is 0 Å². The van der Waals surface area contributed by atoms with Crippen LogP contribution in [0.2, 0.25) is 0 Å². The molecule has 2 rings (SSSR count). The molecule has 0 aliphatic rings. The summed E-state index contributed by atoms with van der Waals surface area (Å²) in [6, 6.07) is 4.78. The van der Waals surface area contributed by atoms with Crippen LogP contribution in [-0.4, -0.2) is 45.1 Å². The molecule has 6 nitrogen and oxygen atoms in total. The Morgan fingerprint density at radius 2 is 2.25 bits per heavy atom. The number of fused-ring (bicyclic) bond motifs is 1. The average Bonchev–Trinajstić information content (AvgIpc) is 2.86. The highest BCUT2D eigenvalue weighted by molar-refractivity contribution is 5.97. The van der Waals surface area contributed by atoms with E-state index in [1.807, 2.05) is 6.92 Å². The summed E-state index contributed by atoms with van der Waals surface area (Å²) < 4.78 is 25.9. The van der Waals surface area contributed by atoms with Crippen LogP contribution in [0.15, 0.2) is 18.2 Å². The Hall–Kier alpha value is -2.09. The van der Waals surface area contributed by atoms with Gasteiger partial charge in [0.2, 0.25) is 0 Å². The predicted molar refractivity (Wildman–Crippen MR) is 67.5 cm³/mol. The van der Waals surface area contributed by atoms with E-state index in [1.165, 1.54) is 6.07 Å². The number of amides is 1. The standard InChI is InChI=1S/C12H14F2N4O2/c1-2-18-9-4-3-7(5-8(9)16-17-18)12(20)15-6-10(19)11(13)14/h3-5,10-11,19H,2,6H2,1H3,(H,15,20). The number of carbonyl (C=O) groups excluding carboxylic acids is 1. The third-order valence-corrected chi connectivity index (χ3v) is 2.84. The van der Waals surface area contributed by atoms with Crippen LogP contribution in [0.4, 0.5) is 8.78 Å². The number of aliphatic hydroxyl groups is 1. The molecule has 20 heavy (non-hydrogen) atoms. The van der Waals surface area contributed by atoms with E-state index in [-0.39, 0.29) is 5.56 Å². The van der Waals surface area contributed by atoms with Crippen LogP contribution >= 0.6 is 0 Å². The summed E-state index contributed by atoms with van der Waals surface area (Å²) in [5.74, 6) is -0.544. The lowest BCUT2D eigenvalue weighted by Gasteiger charge is -2.10. The topological polar surface area (TPSA) is 80.0 Å². The molecule has 0 saturated heterocycles. The van der Waals surface area contributed by atoms with Crippen molar-refractivity contribution in [3.8, 4) is 0 Å². The summed E-state index contributed by atoms with van der Waals surface area (Å²) in [5, 5.41) is 19.0. The summed E-state index contributed by atoms with van der Waals surface area (Å²) >= 11 is 0. The minimum Gasteiger partial charge on any atom is -0.385 e. The molecule has 0 radical (unpaired) electrons. The Kier molecular flexibility index (Phi) is 4.23. The number of nitrogens with one attached hydrogen (secondary N) is 1. The summed E-state index contributed by atoms with van der Waals surface area (Å²) in [4.78, 5) is 11.8. The SMILES string of the molecule is CCn1nnc2cc(C(=O)NCC(O)C(F)F)ccc21. The second kappa shape index (κ2) is 5.91. The summed E-state index contributed by atoms with van der Waals surface area (Å²) in [7, 11) is 0. The van der Waals surface area contributed by atoms with Crippen LogP contribution in [-0.2, 0) is 6.54 Å². The van der Waals surface area contributed by atoms with E-state index in [9.17, 15) is 13.6 Å². The summed E-state index contributed by atoms with van der Waals surface area (Å²) in [6.45, 7) is 2.07. The molecule has 0 spiro atoms. The van der Waals surface area contributed by atoms with Gasteiger partial charge in [0.05, 0.1) is 5.52 Å². The number of aromatic nitrogens is 3. The van der Waals surface area contributed by atoms with Crippen molar-refractivity contribution in [1.82, 2.24) is 20.3 Å². The van der Waals surface area contributed by atoms with Gasteiger partial charge in [0, 0.05) is 18.7 Å². The van der Waals surface area contributed by atoms with Crippen molar-refractivity contribution in [2.24, 2.45) is 0 Å². The van der Waals surface area contributed by atoms with Crippen molar-refractivity contribution in [2.75, 3.05) is 6.54 Å². The normalized spacial score (nSPS) is 12.8. The van der Waals surface area contributed by atoms with E-state index in [0.717, 1.165) is 5.52 Å². The van der Waals surface area contributed by atoms with Crippen molar-refractivity contribution >= 4 is 16.9 Å². The Bertz CT molecular complexity index is 615. The van der Waals surface area contributed by atoms with Crippen LogP contribution in [0.1, 0.15) is 17.3 Å². The van der Waals surface area contributed by atoms with E-state index in [0.29, 0.717) is 12.1 Å². The maximum Gasteiger partial charge on any atom is 0.265 e. The zero-order valence-electron chi connectivity index (χ0n) is 10.8. The monoisotopic (exact) mass is 284 g/mol. The van der Waals surface area contributed by atoms with Crippen molar-refractivity contribution in [2.45, 2.75) is 26.0 Å². The number of aryl methyl sites for hydroxylation is 1. The zero-order valence-corrected chi connectivity index (χ0v) is 10.8. The molecular weight excluding hydrogens is 270 g/mol. The van der Waals surface area contributed by atoms with E-state index in [2.05, 4.69) is 15.6 Å². The van der Waals surface area contributed by atoms with Crippen molar-refractivity contribution in [3.63, 3.8) is 0 Å². The minimum absolute atomic E-state index is 0.280. The first-order chi connectivity index (χ1) is 9.52. The van der Waals surface area contributed by atoms with E-state index in [1.54, 1.807) is 16.8 Å². The van der Waals surface area contributed by atoms with Gasteiger partial charge in [0.25, 0.3) is 12.3 Å². The number of aliphatic hydroxyl groups excluding tert-OH is 1. The maximum atomic E-state index is 12.1. The Morgan fingerprint density at radius 1 is 1.50 bits per heavy atom. The number of alkyl halides is 2. The highest BCUT2D eigenvalue weighted by Gasteiger charge is 2.18. The molecule has 2 N–H and O–H groups in total. The molecule has 0 bridgehead atoms. The first-order valence-electron chi connectivity index (χ1n) is 6.10. The quantitative estimate of drug-likeness (QED) is 0.851.